The maximum absolute atomic E-state index is 4.38. The summed E-state index contributed by atoms with van der Waals surface area (Å²) < 4.78 is 0. The number of aromatic nitrogens is 2. The van der Waals surface area contributed by atoms with Crippen molar-refractivity contribution in [3.63, 3.8) is 0 Å². The Balaban J connectivity index is 2.30. The van der Waals surface area contributed by atoms with Gasteiger partial charge in [0.1, 0.15) is 6.33 Å². The van der Waals surface area contributed by atoms with Crippen LogP contribution in [0.5, 0.6) is 0 Å². The van der Waals surface area contributed by atoms with E-state index in [2.05, 4.69) is 35.2 Å². The zero-order valence-electron chi connectivity index (χ0n) is 9.77. The maximum Gasteiger partial charge on any atom is 0.116 e. The number of likely N-dealkylation sites (N-methyl/N-ethyl adjacent to an activating group) is 1. The SMILES string of the molecule is CCNC(C)Cc1ncnc2ccccc12. The maximum atomic E-state index is 4.38. The molecule has 2 aromatic rings. The lowest BCUT2D eigenvalue weighted by molar-refractivity contribution is 0.561. The van der Waals surface area contributed by atoms with Crippen LogP contribution in [-0.4, -0.2) is 22.6 Å². The topological polar surface area (TPSA) is 37.8 Å². The number of rotatable bonds is 4. The Kier molecular flexibility index (Phi) is 3.47. The molecule has 3 heteroatoms. The predicted octanol–water partition coefficient (Wildman–Crippen LogP) is 2.17. The van der Waals surface area contributed by atoms with Gasteiger partial charge in [0.2, 0.25) is 0 Å². The summed E-state index contributed by atoms with van der Waals surface area (Å²) in [6.45, 7) is 5.29. The minimum atomic E-state index is 0.448. The van der Waals surface area contributed by atoms with Crippen molar-refractivity contribution in [3.05, 3.63) is 36.3 Å². The molecule has 3 nitrogen and oxygen atoms in total. The summed E-state index contributed by atoms with van der Waals surface area (Å²) in [6, 6.07) is 8.60. The lowest BCUT2D eigenvalue weighted by atomic mass is 10.1. The molecule has 0 aliphatic heterocycles. The van der Waals surface area contributed by atoms with Gasteiger partial charge in [-0.15, -0.1) is 0 Å². The number of hydrogen-bond acceptors (Lipinski definition) is 3. The number of nitrogens with zero attached hydrogens (tertiary/aromatic N) is 2. The molecule has 2 rings (SSSR count). The van der Waals surface area contributed by atoms with Gasteiger partial charge in [-0.2, -0.15) is 0 Å². The molecule has 1 aromatic carbocycles. The fourth-order valence-electron chi connectivity index (χ4n) is 1.93. The van der Waals surface area contributed by atoms with Crippen LogP contribution in [0, 0.1) is 0 Å². The Hall–Kier alpha value is -1.48. The van der Waals surface area contributed by atoms with Gasteiger partial charge in [0, 0.05) is 17.8 Å². The molecule has 1 heterocycles. The third kappa shape index (κ3) is 2.36. The van der Waals surface area contributed by atoms with E-state index < -0.39 is 0 Å². The second kappa shape index (κ2) is 5.03. The van der Waals surface area contributed by atoms with E-state index in [-0.39, 0.29) is 0 Å². The summed E-state index contributed by atoms with van der Waals surface area (Å²) in [4.78, 5) is 8.64. The van der Waals surface area contributed by atoms with Gasteiger partial charge in [-0.1, -0.05) is 25.1 Å². The zero-order chi connectivity index (χ0) is 11.4. The molecule has 0 amide bonds. The van der Waals surface area contributed by atoms with E-state index in [4.69, 9.17) is 0 Å². The van der Waals surface area contributed by atoms with Gasteiger partial charge in [-0.25, -0.2) is 9.97 Å². The van der Waals surface area contributed by atoms with Crippen molar-refractivity contribution < 1.29 is 0 Å². The van der Waals surface area contributed by atoms with Crippen molar-refractivity contribution in [3.8, 4) is 0 Å². The molecule has 16 heavy (non-hydrogen) atoms. The smallest absolute Gasteiger partial charge is 0.116 e. The monoisotopic (exact) mass is 215 g/mol. The van der Waals surface area contributed by atoms with Crippen molar-refractivity contribution in [2.75, 3.05) is 6.54 Å². The van der Waals surface area contributed by atoms with E-state index in [1.54, 1.807) is 6.33 Å². The standard InChI is InChI=1S/C13H17N3/c1-3-14-10(2)8-13-11-6-4-5-7-12(11)15-9-16-13/h4-7,9-10,14H,3,8H2,1-2H3. The zero-order valence-corrected chi connectivity index (χ0v) is 9.77. The van der Waals surface area contributed by atoms with Crippen LogP contribution in [0.1, 0.15) is 19.5 Å². The Labute approximate surface area is 95.9 Å². The van der Waals surface area contributed by atoms with Gasteiger partial charge < -0.3 is 5.32 Å². The minimum absolute atomic E-state index is 0.448. The van der Waals surface area contributed by atoms with Crippen LogP contribution in [0.4, 0.5) is 0 Å². The lowest BCUT2D eigenvalue weighted by Crippen LogP contribution is -2.28. The first-order valence-electron chi connectivity index (χ1n) is 5.73. The number of nitrogens with one attached hydrogen (secondary N) is 1. The van der Waals surface area contributed by atoms with Crippen molar-refractivity contribution in [2.24, 2.45) is 0 Å². The molecular weight excluding hydrogens is 198 g/mol. The molecule has 0 saturated heterocycles. The second-order valence-corrected chi connectivity index (χ2v) is 4.00. The van der Waals surface area contributed by atoms with Gasteiger partial charge in [0.05, 0.1) is 11.2 Å². The van der Waals surface area contributed by atoms with Gasteiger partial charge in [0.15, 0.2) is 0 Å². The Morgan fingerprint density at radius 1 is 1.25 bits per heavy atom. The summed E-state index contributed by atoms with van der Waals surface area (Å²) in [5.41, 5.74) is 2.15. The van der Waals surface area contributed by atoms with Gasteiger partial charge in [-0.3, -0.25) is 0 Å². The van der Waals surface area contributed by atoms with Crippen LogP contribution in [0.2, 0.25) is 0 Å². The van der Waals surface area contributed by atoms with Crippen molar-refractivity contribution in [2.45, 2.75) is 26.3 Å². The van der Waals surface area contributed by atoms with E-state index in [1.807, 2.05) is 18.2 Å². The lowest BCUT2D eigenvalue weighted by Gasteiger charge is -2.12. The van der Waals surface area contributed by atoms with Gasteiger partial charge in [-0.05, 0) is 19.5 Å². The number of para-hydroxylation sites is 1. The molecule has 1 aromatic heterocycles. The van der Waals surface area contributed by atoms with Crippen LogP contribution in [0.3, 0.4) is 0 Å². The molecule has 0 bridgehead atoms. The largest absolute Gasteiger partial charge is 0.314 e. The van der Waals surface area contributed by atoms with Crippen LogP contribution in [-0.2, 0) is 6.42 Å². The molecule has 1 unspecified atom stereocenters. The first kappa shape index (κ1) is 11.0. The molecular formula is C13H17N3. The summed E-state index contributed by atoms with van der Waals surface area (Å²) in [7, 11) is 0. The third-order valence-electron chi connectivity index (χ3n) is 2.68. The molecule has 0 spiro atoms. The van der Waals surface area contributed by atoms with Crippen LogP contribution < -0.4 is 5.32 Å². The number of benzene rings is 1. The first-order chi connectivity index (χ1) is 7.81. The summed E-state index contributed by atoms with van der Waals surface area (Å²) in [6.07, 6.45) is 2.59. The van der Waals surface area contributed by atoms with Crippen LogP contribution in [0.15, 0.2) is 30.6 Å². The van der Waals surface area contributed by atoms with Crippen molar-refractivity contribution in [1.29, 1.82) is 0 Å². The minimum Gasteiger partial charge on any atom is -0.314 e. The van der Waals surface area contributed by atoms with E-state index in [1.165, 1.54) is 0 Å². The van der Waals surface area contributed by atoms with E-state index in [9.17, 15) is 0 Å². The molecule has 0 aliphatic carbocycles. The molecule has 0 fully saturated rings. The van der Waals surface area contributed by atoms with E-state index in [0.29, 0.717) is 6.04 Å². The predicted molar refractivity (Wildman–Crippen MR) is 66.4 cm³/mol. The van der Waals surface area contributed by atoms with Crippen molar-refractivity contribution in [1.82, 2.24) is 15.3 Å². The fourth-order valence-corrected chi connectivity index (χ4v) is 1.93. The molecule has 0 radical (unpaired) electrons. The average Bonchev–Trinajstić information content (AvgIpc) is 2.30. The normalized spacial score (nSPS) is 12.9. The Morgan fingerprint density at radius 2 is 2.06 bits per heavy atom. The average molecular weight is 215 g/mol. The molecule has 0 saturated carbocycles. The molecule has 84 valence electrons. The quantitative estimate of drug-likeness (QED) is 0.849. The fraction of sp³-hybridized carbons (Fsp3) is 0.385. The number of fused-ring (bicyclic) bond motifs is 1. The Morgan fingerprint density at radius 3 is 2.88 bits per heavy atom. The molecule has 1 atom stereocenters. The summed E-state index contributed by atoms with van der Waals surface area (Å²) in [5, 5.41) is 4.56. The van der Waals surface area contributed by atoms with Crippen molar-refractivity contribution >= 4 is 10.9 Å². The number of hydrogen-bond donors (Lipinski definition) is 1. The highest BCUT2D eigenvalue weighted by molar-refractivity contribution is 5.80. The highest BCUT2D eigenvalue weighted by Gasteiger charge is 2.07. The van der Waals surface area contributed by atoms with E-state index in [0.717, 1.165) is 29.6 Å². The first-order valence-corrected chi connectivity index (χ1v) is 5.73. The third-order valence-corrected chi connectivity index (χ3v) is 2.68. The highest BCUT2D eigenvalue weighted by Crippen LogP contribution is 2.15. The van der Waals surface area contributed by atoms with Gasteiger partial charge >= 0.3 is 0 Å². The Bertz CT molecular complexity index is 462. The second-order valence-electron chi connectivity index (χ2n) is 4.00. The van der Waals surface area contributed by atoms with Gasteiger partial charge in [0.25, 0.3) is 0 Å². The summed E-state index contributed by atoms with van der Waals surface area (Å²) >= 11 is 0. The van der Waals surface area contributed by atoms with E-state index >= 15 is 0 Å². The summed E-state index contributed by atoms with van der Waals surface area (Å²) in [5.74, 6) is 0. The van der Waals surface area contributed by atoms with Crippen LogP contribution in [0.25, 0.3) is 10.9 Å². The highest BCUT2D eigenvalue weighted by atomic mass is 14.9. The molecule has 0 aliphatic rings. The van der Waals surface area contributed by atoms with Crippen LogP contribution >= 0.6 is 0 Å². The molecule has 1 N–H and O–H groups in total.